The van der Waals surface area contributed by atoms with Gasteiger partial charge in [0.05, 0.1) is 0 Å². The molecule has 0 aromatic heterocycles. The average Bonchev–Trinajstić information content (AvgIpc) is 2.93. The van der Waals surface area contributed by atoms with E-state index in [9.17, 15) is 9.90 Å². The van der Waals surface area contributed by atoms with E-state index < -0.39 is 21.9 Å². The van der Waals surface area contributed by atoms with Crippen LogP contribution in [0, 0.1) is 0 Å². The summed E-state index contributed by atoms with van der Waals surface area (Å²) in [6, 6.07) is 36.5. The molecule has 0 bridgehead atoms. The van der Waals surface area contributed by atoms with E-state index in [4.69, 9.17) is 16.3 Å². The van der Waals surface area contributed by atoms with Crippen molar-refractivity contribution in [2.24, 2.45) is 0 Å². The van der Waals surface area contributed by atoms with Gasteiger partial charge in [0, 0.05) is 16.7 Å². The van der Waals surface area contributed by atoms with Gasteiger partial charge in [0.1, 0.15) is 10.6 Å². The van der Waals surface area contributed by atoms with E-state index >= 15 is 0 Å². The minimum atomic E-state index is -1.27. The Morgan fingerprint density at radius 2 is 1.11 bits per heavy atom. The SMILES string of the molecule is CCC(Cl)(CC(C)(C)c1ccc(O)cc1)C(=O)OC(c1ccccc1)(c1ccccc1)c1ccccc1. The highest BCUT2D eigenvalue weighted by Gasteiger charge is 2.48. The lowest BCUT2D eigenvalue weighted by Gasteiger charge is -2.40. The number of carbonyl (C=O) groups is 1. The van der Waals surface area contributed by atoms with E-state index in [0.29, 0.717) is 12.8 Å². The summed E-state index contributed by atoms with van der Waals surface area (Å²) >= 11 is 7.18. The van der Waals surface area contributed by atoms with Gasteiger partial charge in [-0.05, 0) is 36.0 Å². The first-order valence-electron chi connectivity index (χ1n) is 12.6. The molecule has 1 unspecified atom stereocenters. The van der Waals surface area contributed by atoms with Gasteiger partial charge in [-0.25, -0.2) is 0 Å². The number of rotatable bonds is 9. The lowest BCUT2D eigenvalue weighted by molar-refractivity contribution is -0.157. The summed E-state index contributed by atoms with van der Waals surface area (Å²) in [4.78, 5) is 12.9. The third kappa shape index (κ3) is 5.42. The highest BCUT2D eigenvalue weighted by atomic mass is 35.5. The number of hydrogen-bond donors (Lipinski definition) is 1. The van der Waals surface area contributed by atoms with Crippen molar-refractivity contribution in [3.8, 4) is 5.75 Å². The maximum absolute atomic E-state index is 14.2. The Balaban J connectivity index is 1.81. The molecule has 37 heavy (non-hydrogen) atoms. The van der Waals surface area contributed by atoms with Crippen LogP contribution in [0.5, 0.6) is 5.75 Å². The molecule has 4 aromatic carbocycles. The second kappa shape index (κ2) is 10.8. The average molecular weight is 513 g/mol. The topological polar surface area (TPSA) is 46.5 Å². The molecule has 190 valence electrons. The minimum absolute atomic E-state index is 0.199. The van der Waals surface area contributed by atoms with Crippen LogP contribution in [-0.4, -0.2) is 16.0 Å². The Hall–Kier alpha value is -3.56. The largest absolute Gasteiger partial charge is 0.508 e. The molecule has 4 heteroatoms. The molecular weight excluding hydrogens is 480 g/mol. The maximum atomic E-state index is 14.2. The number of halogens is 1. The third-order valence-electron chi connectivity index (χ3n) is 7.08. The smallest absolute Gasteiger partial charge is 0.328 e. The van der Waals surface area contributed by atoms with E-state index in [1.807, 2.05) is 110 Å². The van der Waals surface area contributed by atoms with Crippen LogP contribution < -0.4 is 0 Å². The first-order valence-corrected chi connectivity index (χ1v) is 13.0. The Labute approximate surface area is 224 Å². The molecule has 1 atom stereocenters. The first kappa shape index (κ1) is 26.5. The molecule has 0 aliphatic rings. The van der Waals surface area contributed by atoms with E-state index in [1.165, 1.54) is 0 Å². The number of esters is 1. The van der Waals surface area contributed by atoms with Crippen LogP contribution in [0.4, 0.5) is 0 Å². The zero-order valence-electron chi connectivity index (χ0n) is 21.5. The summed E-state index contributed by atoms with van der Waals surface area (Å²) in [5.74, 6) is -0.273. The zero-order chi connectivity index (χ0) is 26.5. The molecule has 0 saturated heterocycles. The van der Waals surface area contributed by atoms with Crippen molar-refractivity contribution in [2.45, 2.75) is 49.5 Å². The van der Waals surface area contributed by atoms with Gasteiger partial charge < -0.3 is 9.84 Å². The second-order valence-electron chi connectivity index (χ2n) is 10.1. The quantitative estimate of drug-likeness (QED) is 0.140. The van der Waals surface area contributed by atoms with Crippen molar-refractivity contribution in [2.75, 3.05) is 0 Å². The molecule has 0 spiro atoms. The van der Waals surface area contributed by atoms with Crippen LogP contribution in [-0.2, 0) is 20.5 Å². The lowest BCUT2D eigenvalue weighted by atomic mass is 9.75. The second-order valence-corrected chi connectivity index (χ2v) is 10.8. The van der Waals surface area contributed by atoms with E-state index in [1.54, 1.807) is 12.1 Å². The van der Waals surface area contributed by atoms with Gasteiger partial charge in [-0.15, -0.1) is 11.6 Å². The standard InChI is InChI=1S/C33H33ClO3/c1-4-32(34,24-31(2,3)25-20-22-29(35)23-21-25)30(36)37-33(26-14-8-5-9-15-26,27-16-10-6-11-17-27)28-18-12-7-13-19-28/h5-23,35H,4,24H2,1-3H3. The van der Waals surface area contributed by atoms with Gasteiger partial charge >= 0.3 is 5.97 Å². The van der Waals surface area contributed by atoms with Gasteiger partial charge in [-0.1, -0.05) is 124 Å². The van der Waals surface area contributed by atoms with Gasteiger partial charge in [0.25, 0.3) is 0 Å². The van der Waals surface area contributed by atoms with E-state index in [2.05, 4.69) is 13.8 Å². The number of aromatic hydroxyl groups is 1. The Morgan fingerprint density at radius 3 is 1.49 bits per heavy atom. The normalized spacial score (nSPS) is 13.5. The monoisotopic (exact) mass is 512 g/mol. The fourth-order valence-electron chi connectivity index (χ4n) is 4.98. The molecule has 3 nitrogen and oxygen atoms in total. The van der Waals surface area contributed by atoms with Crippen LogP contribution in [0.3, 0.4) is 0 Å². The van der Waals surface area contributed by atoms with Gasteiger partial charge in [0.2, 0.25) is 0 Å². The molecule has 0 amide bonds. The predicted octanol–water partition coefficient (Wildman–Crippen LogP) is 7.98. The highest BCUT2D eigenvalue weighted by Crippen LogP contribution is 2.45. The van der Waals surface area contributed by atoms with Crippen molar-refractivity contribution in [3.63, 3.8) is 0 Å². The minimum Gasteiger partial charge on any atom is -0.508 e. The highest BCUT2D eigenvalue weighted by molar-refractivity contribution is 6.34. The molecule has 0 fully saturated rings. The molecule has 4 aromatic rings. The van der Waals surface area contributed by atoms with Gasteiger partial charge in [-0.2, -0.15) is 0 Å². The van der Waals surface area contributed by atoms with Crippen molar-refractivity contribution >= 4 is 17.6 Å². The molecule has 0 aliphatic heterocycles. The third-order valence-corrected chi connectivity index (χ3v) is 7.64. The van der Waals surface area contributed by atoms with E-state index in [-0.39, 0.29) is 5.75 Å². The van der Waals surface area contributed by atoms with E-state index in [0.717, 1.165) is 22.3 Å². The van der Waals surface area contributed by atoms with Crippen molar-refractivity contribution in [1.82, 2.24) is 0 Å². The number of benzene rings is 4. The summed E-state index contributed by atoms with van der Waals surface area (Å²) in [6.07, 6.45) is 0.749. The Kier molecular flexibility index (Phi) is 7.75. The Bertz CT molecular complexity index is 1210. The summed E-state index contributed by atoms with van der Waals surface area (Å²) in [6.45, 7) is 6.02. The maximum Gasteiger partial charge on any atom is 0.328 e. The number of alkyl halides is 1. The molecular formula is C33H33ClO3. The molecule has 0 heterocycles. The van der Waals surface area contributed by atoms with Crippen molar-refractivity contribution in [3.05, 3.63) is 138 Å². The summed E-state index contributed by atoms with van der Waals surface area (Å²) in [5, 5.41) is 9.74. The predicted molar refractivity (Wildman–Crippen MR) is 150 cm³/mol. The summed E-state index contributed by atoms with van der Waals surface area (Å²) in [5.41, 5.74) is 1.88. The van der Waals surface area contributed by atoms with Crippen LogP contribution >= 0.6 is 11.6 Å². The number of phenolic OH excluding ortho intramolecular Hbond substituents is 1. The van der Waals surface area contributed by atoms with Crippen LogP contribution in [0.15, 0.2) is 115 Å². The molecule has 1 N–H and O–H groups in total. The first-order chi connectivity index (χ1) is 17.7. The lowest BCUT2D eigenvalue weighted by Crippen LogP contribution is -2.45. The molecule has 4 rings (SSSR count). The summed E-state index contributed by atoms with van der Waals surface area (Å²) < 4.78 is 6.64. The number of ether oxygens (including phenoxy) is 1. The zero-order valence-corrected chi connectivity index (χ0v) is 22.3. The molecule has 0 saturated carbocycles. The Morgan fingerprint density at radius 1 is 0.703 bits per heavy atom. The van der Waals surface area contributed by atoms with Crippen molar-refractivity contribution < 1.29 is 14.6 Å². The van der Waals surface area contributed by atoms with Gasteiger partial charge in [0.15, 0.2) is 5.60 Å². The molecule has 0 radical (unpaired) electrons. The number of carbonyl (C=O) groups excluding carboxylic acids is 1. The van der Waals surface area contributed by atoms with Crippen LogP contribution in [0.2, 0.25) is 0 Å². The fourth-order valence-corrected chi connectivity index (χ4v) is 5.36. The van der Waals surface area contributed by atoms with Crippen LogP contribution in [0.25, 0.3) is 0 Å². The van der Waals surface area contributed by atoms with Crippen LogP contribution in [0.1, 0.15) is 55.9 Å². The summed E-state index contributed by atoms with van der Waals surface area (Å²) in [7, 11) is 0. The number of hydrogen-bond acceptors (Lipinski definition) is 3. The number of phenols is 1. The van der Waals surface area contributed by atoms with Gasteiger partial charge in [-0.3, -0.25) is 4.79 Å². The van der Waals surface area contributed by atoms with Crippen molar-refractivity contribution in [1.29, 1.82) is 0 Å². The molecule has 0 aliphatic carbocycles. The fraction of sp³-hybridized carbons (Fsp3) is 0.242.